The zero-order valence-corrected chi connectivity index (χ0v) is 14.3. The van der Waals surface area contributed by atoms with Crippen molar-refractivity contribution in [2.24, 2.45) is 5.92 Å². The van der Waals surface area contributed by atoms with Gasteiger partial charge in [-0.15, -0.1) is 0 Å². The van der Waals surface area contributed by atoms with Crippen molar-refractivity contribution >= 4 is 5.91 Å². The van der Waals surface area contributed by atoms with Crippen LogP contribution in [0.5, 0.6) is 0 Å². The second-order valence-corrected chi connectivity index (χ2v) is 6.66. The van der Waals surface area contributed by atoms with Crippen molar-refractivity contribution in [3.8, 4) is 0 Å². The zero-order chi connectivity index (χ0) is 16.1. The molecule has 0 saturated carbocycles. The number of carbonyl (C=O) groups is 1. The molecule has 0 spiro atoms. The van der Waals surface area contributed by atoms with Crippen molar-refractivity contribution in [1.82, 2.24) is 15.1 Å². The number of rotatable bonds is 7. The van der Waals surface area contributed by atoms with E-state index in [1.807, 2.05) is 6.92 Å². The van der Waals surface area contributed by atoms with E-state index in [0.717, 1.165) is 38.1 Å². The molecule has 1 aliphatic rings. The van der Waals surface area contributed by atoms with Crippen molar-refractivity contribution in [1.29, 1.82) is 0 Å². The fraction of sp³-hybridized carbons (Fsp3) is 0.765. The Hall–Kier alpha value is -1.36. The van der Waals surface area contributed by atoms with E-state index in [1.54, 1.807) is 0 Å². The number of carbonyl (C=O) groups excluding carboxylic acids is 1. The Balaban J connectivity index is 1.82. The number of nitrogens with zero attached hydrogens (tertiary/aromatic N) is 2. The van der Waals surface area contributed by atoms with Crippen molar-refractivity contribution in [3.05, 3.63) is 17.0 Å². The van der Waals surface area contributed by atoms with E-state index in [2.05, 4.69) is 35.9 Å². The van der Waals surface area contributed by atoms with E-state index in [-0.39, 0.29) is 12.0 Å². The Morgan fingerprint density at radius 1 is 1.45 bits per heavy atom. The molecule has 1 aliphatic heterocycles. The lowest BCUT2D eigenvalue weighted by Gasteiger charge is -2.11. The molecule has 0 bridgehead atoms. The minimum Gasteiger partial charge on any atom is -0.376 e. The molecule has 1 aromatic rings. The summed E-state index contributed by atoms with van der Waals surface area (Å²) in [5, 5.41) is 7.58. The third-order valence-corrected chi connectivity index (χ3v) is 4.22. The molecule has 1 fully saturated rings. The lowest BCUT2D eigenvalue weighted by atomic mass is 10.1. The van der Waals surface area contributed by atoms with E-state index in [1.165, 1.54) is 11.3 Å². The molecule has 0 aliphatic carbocycles. The number of amides is 1. The normalized spacial score (nSPS) is 18.1. The summed E-state index contributed by atoms with van der Waals surface area (Å²) in [5.74, 6) is 0.673. The van der Waals surface area contributed by atoms with Crippen LogP contribution in [0.25, 0.3) is 0 Å². The number of aryl methyl sites for hydroxylation is 1. The predicted molar refractivity (Wildman–Crippen MR) is 86.8 cm³/mol. The van der Waals surface area contributed by atoms with Crippen LogP contribution in [0.15, 0.2) is 0 Å². The van der Waals surface area contributed by atoms with E-state index in [4.69, 9.17) is 4.74 Å². The number of aromatic nitrogens is 2. The average molecular weight is 307 g/mol. The van der Waals surface area contributed by atoms with Crippen LogP contribution >= 0.6 is 0 Å². The fourth-order valence-electron chi connectivity index (χ4n) is 2.98. The largest absolute Gasteiger partial charge is 0.376 e. The van der Waals surface area contributed by atoms with Gasteiger partial charge in [0.1, 0.15) is 0 Å². The highest BCUT2D eigenvalue weighted by Crippen LogP contribution is 2.16. The first-order chi connectivity index (χ1) is 10.5. The van der Waals surface area contributed by atoms with Gasteiger partial charge in [0, 0.05) is 31.8 Å². The molecule has 22 heavy (non-hydrogen) atoms. The monoisotopic (exact) mass is 307 g/mol. The molecule has 1 aromatic heterocycles. The van der Waals surface area contributed by atoms with Crippen LogP contribution in [0.4, 0.5) is 0 Å². The van der Waals surface area contributed by atoms with Crippen LogP contribution < -0.4 is 5.32 Å². The number of hydrogen-bond donors (Lipinski definition) is 1. The van der Waals surface area contributed by atoms with Crippen LogP contribution in [0, 0.1) is 19.8 Å². The smallest absolute Gasteiger partial charge is 0.220 e. The fourth-order valence-corrected chi connectivity index (χ4v) is 2.98. The van der Waals surface area contributed by atoms with Gasteiger partial charge in [0.25, 0.3) is 0 Å². The molecule has 1 amide bonds. The third-order valence-electron chi connectivity index (χ3n) is 4.22. The lowest BCUT2D eigenvalue weighted by Crippen LogP contribution is -2.31. The van der Waals surface area contributed by atoms with E-state index < -0.39 is 0 Å². The second-order valence-electron chi connectivity index (χ2n) is 6.66. The molecule has 5 nitrogen and oxygen atoms in total. The molecule has 1 N–H and O–H groups in total. The Kier molecular flexibility index (Phi) is 6.00. The summed E-state index contributed by atoms with van der Waals surface area (Å²) < 4.78 is 7.59. The Bertz CT molecular complexity index is 502. The molecule has 1 atom stereocenters. The summed E-state index contributed by atoms with van der Waals surface area (Å²) in [6.07, 6.45) is 3.64. The predicted octanol–water partition coefficient (Wildman–Crippen LogP) is 2.38. The van der Waals surface area contributed by atoms with Crippen LogP contribution in [0.1, 0.15) is 50.1 Å². The van der Waals surface area contributed by atoms with Crippen LogP contribution in [-0.2, 0) is 22.5 Å². The number of nitrogens with one attached hydrogen (secondary N) is 1. The lowest BCUT2D eigenvalue weighted by molar-refractivity contribution is -0.121. The quantitative estimate of drug-likeness (QED) is 0.841. The Labute approximate surface area is 133 Å². The summed E-state index contributed by atoms with van der Waals surface area (Å²) in [4.78, 5) is 12.0. The Morgan fingerprint density at radius 3 is 2.86 bits per heavy atom. The molecule has 5 heteroatoms. The van der Waals surface area contributed by atoms with Gasteiger partial charge in [-0.3, -0.25) is 9.48 Å². The first-order valence-corrected chi connectivity index (χ1v) is 8.38. The molecular formula is C17H29N3O2. The summed E-state index contributed by atoms with van der Waals surface area (Å²) in [6.45, 7) is 10.9. The van der Waals surface area contributed by atoms with Gasteiger partial charge < -0.3 is 10.1 Å². The molecule has 0 radical (unpaired) electrons. The summed E-state index contributed by atoms with van der Waals surface area (Å²) in [6, 6.07) is 0. The summed E-state index contributed by atoms with van der Waals surface area (Å²) >= 11 is 0. The first-order valence-electron chi connectivity index (χ1n) is 8.38. The minimum absolute atomic E-state index is 0.103. The number of ether oxygens (including phenoxy) is 1. The standard InChI is InChI=1S/C17H29N3O2/c1-12(2)11-20-14(4)16(13(3)19-20)7-8-17(21)18-10-15-6-5-9-22-15/h12,15H,5-11H2,1-4H3,(H,18,21)/t15-/m0/s1. The molecule has 1 saturated heterocycles. The first kappa shape index (κ1) is 17.0. The van der Waals surface area contributed by atoms with Gasteiger partial charge in [-0.1, -0.05) is 13.8 Å². The highest BCUT2D eigenvalue weighted by molar-refractivity contribution is 5.76. The molecular weight excluding hydrogens is 278 g/mol. The van der Waals surface area contributed by atoms with Gasteiger partial charge in [-0.05, 0) is 44.6 Å². The molecule has 0 aromatic carbocycles. The van der Waals surface area contributed by atoms with Gasteiger partial charge in [0.15, 0.2) is 0 Å². The molecule has 2 rings (SSSR count). The van der Waals surface area contributed by atoms with Gasteiger partial charge in [-0.2, -0.15) is 5.10 Å². The SMILES string of the molecule is Cc1nn(CC(C)C)c(C)c1CCC(=O)NC[C@@H]1CCCO1. The summed E-state index contributed by atoms with van der Waals surface area (Å²) in [7, 11) is 0. The number of hydrogen-bond acceptors (Lipinski definition) is 3. The van der Waals surface area contributed by atoms with Crippen LogP contribution in [0.2, 0.25) is 0 Å². The van der Waals surface area contributed by atoms with Gasteiger partial charge in [0.2, 0.25) is 5.91 Å². The molecule has 124 valence electrons. The highest BCUT2D eigenvalue weighted by atomic mass is 16.5. The van der Waals surface area contributed by atoms with Crippen molar-refractivity contribution < 1.29 is 9.53 Å². The van der Waals surface area contributed by atoms with E-state index >= 15 is 0 Å². The molecule has 2 heterocycles. The van der Waals surface area contributed by atoms with Crippen molar-refractivity contribution in [2.45, 2.75) is 66.0 Å². The maximum atomic E-state index is 12.0. The van der Waals surface area contributed by atoms with Crippen LogP contribution in [0.3, 0.4) is 0 Å². The third kappa shape index (κ3) is 4.57. The van der Waals surface area contributed by atoms with Gasteiger partial charge in [-0.25, -0.2) is 0 Å². The minimum atomic E-state index is 0.103. The van der Waals surface area contributed by atoms with Crippen LogP contribution in [-0.4, -0.2) is 34.9 Å². The maximum absolute atomic E-state index is 12.0. The zero-order valence-electron chi connectivity index (χ0n) is 14.3. The van der Waals surface area contributed by atoms with Crippen molar-refractivity contribution in [3.63, 3.8) is 0 Å². The second kappa shape index (κ2) is 7.77. The molecule has 0 unspecified atom stereocenters. The maximum Gasteiger partial charge on any atom is 0.220 e. The average Bonchev–Trinajstić information content (AvgIpc) is 3.04. The van der Waals surface area contributed by atoms with Gasteiger partial charge >= 0.3 is 0 Å². The van der Waals surface area contributed by atoms with Crippen molar-refractivity contribution in [2.75, 3.05) is 13.2 Å². The van der Waals surface area contributed by atoms with Gasteiger partial charge in [0.05, 0.1) is 11.8 Å². The summed E-state index contributed by atoms with van der Waals surface area (Å²) in [5.41, 5.74) is 3.45. The Morgan fingerprint density at radius 2 is 2.23 bits per heavy atom. The highest BCUT2D eigenvalue weighted by Gasteiger charge is 2.17. The topological polar surface area (TPSA) is 56.2 Å². The van der Waals surface area contributed by atoms with E-state index in [0.29, 0.717) is 18.9 Å². The van der Waals surface area contributed by atoms with E-state index in [9.17, 15) is 4.79 Å².